The third kappa shape index (κ3) is 3.84. The second-order valence-corrected chi connectivity index (χ2v) is 8.85. The van der Waals surface area contributed by atoms with E-state index in [-0.39, 0.29) is 11.3 Å². The molecule has 0 aliphatic heterocycles. The van der Waals surface area contributed by atoms with Gasteiger partial charge in [-0.3, -0.25) is 14.2 Å². The molecule has 0 unspecified atom stereocenters. The molecule has 1 saturated carbocycles. The minimum Gasteiger partial charge on any atom is -0.291 e. The van der Waals surface area contributed by atoms with Gasteiger partial charge < -0.3 is 0 Å². The van der Waals surface area contributed by atoms with Crippen molar-refractivity contribution in [2.24, 2.45) is 18.0 Å². The van der Waals surface area contributed by atoms with E-state index >= 15 is 0 Å². The van der Waals surface area contributed by atoms with E-state index in [1.165, 1.54) is 18.5 Å². The molecule has 26 heavy (non-hydrogen) atoms. The Bertz CT molecular complexity index is 874. The summed E-state index contributed by atoms with van der Waals surface area (Å²) < 4.78 is 4.35. The SMILES string of the molecule is CC(C)c1ccccc1C(=O)/N=c1\cc(C(C)(C)C)n(C)n1CC1CC1. The van der Waals surface area contributed by atoms with Crippen LogP contribution in [0.4, 0.5) is 0 Å². The summed E-state index contributed by atoms with van der Waals surface area (Å²) in [7, 11) is 2.08. The number of rotatable bonds is 4. The van der Waals surface area contributed by atoms with Crippen molar-refractivity contribution < 1.29 is 4.79 Å². The van der Waals surface area contributed by atoms with Crippen molar-refractivity contribution in [3.8, 4) is 0 Å². The number of hydrogen-bond donors (Lipinski definition) is 0. The van der Waals surface area contributed by atoms with Crippen molar-refractivity contribution in [1.29, 1.82) is 0 Å². The van der Waals surface area contributed by atoms with Gasteiger partial charge in [-0.15, -0.1) is 0 Å². The molecular weight excluding hydrogens is 322 g/mol. The highest BCUT2D eigenvalue weighted by molar-refractivity contribution is 5.96. The second-order valence-electron chi connectivity index (χ2n) is 8.85. The molecule has 0 bridgehead atoms. The van der Waals surface area contributed by atoms with E-state index in [0.29, 0.717) is 17.4 Å². The maximum atomic E-state index is 13.0. The Morgan fingerprint density at radius 1 is 1.23 bits per heavy atom. The van der Waals surface area contributed by atoms with Gasteiger partial charge in [-0.2, -0.15) is 4.99 Å². The maximum absolute atomic E-state index is 13.0. The van der Waals surface area contributed by atoms with Crippen LogP contribution in [-0.2, 0) is 19.0 Å². The normalized spacial score (nSPS) is 15.7. The van der Waals surface area contributed by atoms with Gasteiger partial charge in [0, 0.05) is 36.3 Å². The number of nitrogens with zero attached hydrogens (tertiary/aromatic N) is 3. The number of amides is 1. The van der Waals surface area contributed by atoms with Gasteiger partial charge in [0.1, 0.15) is 0 Å². The summed E-state index contributed by atoms with van der Waals surface area (Å²) >= 11 is 0. The number of benzene rings is 1. The molecule has 1 aromatic heterocycles. The van der Waals surface area contributed by atoms with Crippen molar-refractivity contribution in [3.05, 3.63) is 52.6 Å². The molecule has 1 aliphatic carbocycles. The highest BCUT2D eigenvalue weighted by Gasteiger charge is 2.26. The van der Waals surface area contributed by atoms with Crippen LogP contribution >= 0.6 is 0 Å². The monoisotopic (exact) mass is 353 g/mol. The minimum absolute atomic E-state index is 0.00666. The highest BCUT2D eigenvalue weighted by Crippen LogP contribution is 2.31. The van der Waals surface area contributed by atoms with Crippen LogP contribution in [0.25, 0.3) is 0 Å². The van der Waals surface area contributed by atoms with Crippen LogP contribution in [-0.4, -0.2) is 15.3 Å². The molecule has 4 heteroatoms. The fraction of sp³-hybridized carbons (Fsp3) is 0.545. The fourth-order valence-electron chi connectivity index (χ4n) is 3.49. The van der Waals surface area contributed by atoms with E-state index in [0.717, 1.165) is 17.6 Å². The molecule has 0 atom stereocenters. The van der Waals surface area contributed by atoms with Crippen molar-refractivity contribution >= 4 is 5.91 Å². The molecule has 140 valence electrons. The van der Waals surface area contributed by atoms with Crippen molar-refractivity contribution in [1.82, 2.24) is 9.36 Å². The van der Waals surface area contributed by atoms with E-state index in [2.05, 4.69) is 62.1 Å². The molecule has 3 rings (SSSR count). The molecule has 1 fully saturated rings. The largest absolute Gasteiger partial charge is 0.291 e. The molecule has 1 amide bonds. The second kappa shape index (κ2) is 6.90. The molecular formula is C22H31N3O. The quantitative estimate of drug-likeness (QED) is 0.803. The first-order valence-corrected chi connectivity index (χ1v) is 9.63. The van der Waals surface area contributed by atoms with Gasteiger partial charge in [0.05, 0.1) is 0 Å². The Balaban J connectivity index is 2.09. The molecule has 0 radical (unpaired) electrons. The third-order valence-corrected chi connectivity index (χ3v) is 5.17. The van der Waals surface area contributed by atoms with Crippen LogP contribution in [0.2, 0.25) is 0 Å². The van der Waals surface area contributed by atoms with Crippen LogP contribution in [0.3, 0.4) is 0 Å². The Morgan fingerprint density at radius 3 is 2.46 bits per heavy atom. The summed E-state index contributed by atoms with van der Waals surface area (Å²) in [5, 5.41) is 0. The predicted octanol–water partition coefficient (Wildman–Crippen LogP) is 4.40. The average Bonchev–Trinajstić information content (AvgIpc) is 3.33. The smallest absolute Gasteiger partial charge is 0.279 e. The molecule has 1 heterocycles. The molecule has 1 aliphatic rings. The van der Waals surface area contributed by atoms with Gasteiger partial charge in [0.25, 0.3) is 5.91 Å². The van der Waals surface area contributed by atoms with Crippen LogP contribution < -0.4 is 5.49 Å². The van der Waals surface area contributed by atoms with Gasteiger partial charge >= 0.3 is 0 Å². The van der Waals surface area contributed by atoms with Gasteiger partial charge in [0.15, 0.2) is 5.49 Å². The van der Waals surface area contributed by atoms with Crippen molar-refractivity contribution in [2.75, 3.05) is 0 Å². The van der Waals surface area contributed by atoms with E-state index < -0.39 is 0 Å². The first kappa shape index (κ1) is 18.7. The average molecular weight is 354 g/mol. The Labute approximate surface area is 156 Å². The summed E-state index contributed by atoms with van der Waals surface area (Å²) in [6.07, 6.45) is 2.54. The molecule has 0 saturated heterocycles. The lowest BCUT2D eigenvalue weighted by atomic mass is 9.92. The van der Waals surface area contributed by atoms with E-state index in [4.69, 9.17) is 0 Å². The van der Waals surface area contributed by atoms with E-state index in [1.54, 1.807) is 0 Å². The number of carbonyl (C=O) groups is 1. The van der Waals surface area contributed by atoms with Gasteiger partial charge in [-0.25, -0.2) is 0 Å². The molecule has 4 nitrogen and oxygen atoms in total. The highest BCUT2D eigenvalue weighted by atomic mass is 16.1. The fourth-order valence-corrected chi connectivity index (χ4v) is 3.49. The summed E-state index contributed by atoms with van der Waals surface area (Å²) in [5.41, 5.74) is 3.74. The summed E-state index contributed by atoms with van der Waals surface area (Å²) in [6, 6.07) is 9.90. The summed E-state index contributed by atoms with van der Waals surface area (Å²) in [5.74, 6) is 0.864. The van der Waals surface area contributed by atoms with Crippen molar-refractivity contribution in [3.63, 3.8) is 0 Å². The Morgan fingerprint density at radius 2 is 1.88 bits per heavy atom. The first-order valence-electron chi connectivity index (χ1n) is 9.63. The standard InChI is InChI=1S/C22H31N3O/c1-15(2)17-9-7-8-10-18(17)21(26)23-20-13-19(22(3,4)5)24(6)25(20)14-16-11-12-16/h7-10,13,15-16H,11-12,14H2,1-6H3/b23-20+. The molecule has 2 aromatic rings. The topological polar surface area (TPSA) is 39.3 Å². The summed E-state index contributed by atoms with van der Waals surface area (Å²) in [4.78, 5) is 17.5. The minimum atomic E-state index is -0.148. The lowest BCUT2D eigenvalue weighted by Gasteiger charge is -2.20. The lowest BCUT2D eigenvalue weighted by Crippen LogP contribution is -2.26. The summed E-state index contributed by atoms with van der Waals surface area (Å²) in [6.45, 7) is 11.8. The number of hydrogen-bond acceptors (Lipinski definition) is 1. The van der Waals surface area contributed by atoms with Gasteiger partial charge in [-0.1, -0.05) is 52.8 Å². The Hall–Kier alpha value is -2.10. The van der Waals surface area contributed by atoms with Gasteiger partial charge in [0.2, 0.25) is 0 Å². The zero-order chi connectivity index (χ0) is 19.1. The zero-order valence-corrected chi connectivity index (χ0v) is 16.9. The van der Waals surface area contributed by atoms with Gasteiger partial charge in [-0.05, 0) is 36.3 Å². The number of aromatic nitrogens is 2. The predicted molar refractivity (Wildman–Crippen MR) is 105 cm³/mol. The molecule has 0 spiro atoms. The maximum Gasteiger partial charge on any atom is 0.279 e. The molecule has 0 N–H and O–H groups in total. The van der Waals surface area contributed by atoms with Crippen LogP contribution in [0.5, 0.6) is 0 Å². The van der Waals surface area contributed by atoms with E-state index in [1.807, 2.05) is 24.3 Å². The van der Waals surface area contributed by atoms with Crippen molar-refractivity contribution in [2.45, 2.75) is 65.3 Å². The molecule has 1 aromatic carbocycles. The first-order chi connectivity index (χ1) is 12.2. The van der Waals surface area contributed by atoms with Crippen LogP contribution in [0.15, 0.2) is 35.3 Å². The lowest BCUT2D eigenvalue weighted by molar-refractivity contribution is 0.0995. The zero-order valence-electron chi connectivity index (χ0n) is 16.9. The van der Waals surface area contributed by atoms with Crippen LogP contribution in [0.1, 0.15) is 75.0 Å². The number of carbonyl (C=O) groups excluding carboxylic acids is 1. The van der Waals surface area contributed by atoms with Crippen LogP contribution in [0, 0.1) is 5.92 Å². The van der Waals surface area contributed by atoms with E-state index in [9.17, 15) is 4.79 Å². The third-order valence-electron chi connectivity index (χ3n) is 5.17. The Kier molecular flexibility index (Phi) is 4.96.